The van der Waals surface area contributed by atoms with Gasteiger partial charge in [-0.3, -0.25) is 4.79 Å². The molecule has 6 nitrogen and oxygen atoms in total. The lowest BCUT2D eigenvalue weighted by atomic mass is 9.98. The number of rotatable bonds is 5. The van der Waals surface area contributed by atoms with E-state index in [2.05, 4.69) is 22.4 Å². The molecular weight excluding hydrogens is 385 g/mol. The van der Waals surface area contributed by atoms with Gasteiger partial charge in [0.2, 0.25) is 0 Å². The van der Waals surface area contributed by atoms with Gasteiger partial charge in [0.15, 0.2) is 6.04 Å². The van der Waals surface area contributed by atoms with Crippen molar-refractivity contribution in [1.29, 1.82) is 0 Å². The fourth-order valence-corrected chi connectivity index (χ4v) is 4.04. The average Bonchev–Trinajstić information content (AvgIpc) is 3.10. The molecule has 2 atom stereocenters. The van der Waals surface area contributed by atoms with E-state index in [0.717, 1.165) is 24.4 Å². The van der Waals surface area contributed by atoms with E-state index in [0.29, 0.717) is 10.9 Å². The molecule has 1 amide bonds. The van der Waals surface area contributed by atoms with E-state index in [4.69, 9.17) is 4.74 Å². The van der Waals surface area contributed by atoms with Gasteiger partial charge in [-0.15, -0.1) is 0 Å². The van der Waals surface area contributed by atoms with Gasteiger partial charge in [0.1, 0.15) is 18.1 Å². The van der Waals surface area contributed by atoms with Gasteiger partial charge in [-0.1, -0.05) is 24.3 Å². The minimum absolute atomic E-state index is 0.122. The van der Waals surface area contributed by atoms with Crippen LogP contribution in [0.5, 0.6) is 0 Å². The minimum atomic E-state index is -0.587. The van der Waals surface area contributed by atoms with E-state index in [9.17, 15) is 14.0 Å². The Kier molecular flexibility index (Phi) is 5.55. The summed E-state index contributed by atoms with van der Waals surface area (Å²) in [5.74, 6) is -1.25. The zero-order valence-corrected chi connectivity index (χ0v) is 17.0. The van der Waals surface area contributed by atoms with Crippen LogP contribution in [-0.4, -0.2) is 36.1 Å². The topological polar surface area (TPSA) is 75.6 Å². The summed E-state index contributed by atoms with van der Waals surface area (Å²) >= 11 is 0. The molecule has 0 spiro atoms. The van der Waals surface area contributed by atoms with Crippen molar-refractivity contribution in [2.24, 2.45) is 0 Å². The highest BCUT2D eigenvalue weighted by Crippen LogP contribution is 2.29. The number of anilines is 1. The van der Waals surface area contributed by atoms with Crippen LogP contribution in [0.1, 0.15) is 35.5 Å². The first kappa shape index (κ1) is 20.1. The van der Waals surface area contributed by atoms with Gasteiger partial charge in [0.05, 0.1) is 18.8 Å². The van der Waals surface area contributed by atoms with Crippen LogP contribution in [0.15, 0.2) is 42.5 Å². The molecule has 2 heterocycles. The molecule has 1 unspecified atom stereocenters. The molecule has 0 bridgehead atoms. The molecule has 1 aliphatic rings. The van der Waals surface area contributed by atoms with Crippen molar-refractivity contribution in [1.82, 2.24) is 4.98 Å². The Morgan fingerprint density at radius 2 is 2.00 bits per heavy atom. The summed E-state index contributed by atoms with van der Waals surface area (Å²) in [5, 5.41) is 3.30. The summed E-state index contributed by atoms with van der Waals surface area (Å²) in [5.41, 5.74) is 3.51. The number of benzene rings is 2. The largest absolute Gasteiger partial charge is 0.461 e. The number of nitrogens with one attached hydrogen (secondary N) is 3. The predicted molar refractivity (Wildman–Crippen MR) is 112 cm³/mol. The number of esters is 1. The molecule has 0 saturated carbocycles. The summed E-state index contributed by atoms with van der Waals surface area (Å²) in [7, 11) is 0. The van der Waals surface area contributed by atoms with E-state index < -0.39 is 11.8 Å². The zero-order chi connectivity index (χ0) is 21.3. The van der Waals surface area contributed by atoms with Crippen molar-refractivity contribution in [3.8, 4) is 0 Å². The molecule has 3 aromatic rings. The van der Waals surface area contributed by atoms with Crippen molar-refractivity contribution >= 4 is 28.5 Å². The van der Waals surface area contributed by atoms with Gasteiger partial charge in [-0.2, -0.15) is 0 Å². The molecule has 2 aromatic carbocycles. The molecule has 1 aromatic heterocycles. The number of aromatic amines is 1. The molecule has 156 valence electrons. The first-order chi connectivity index (χ1) is 14.5. The Morgan fingerprint density at radius 3 is 2.77 bits per heavy atom. The molecule has 0 radical (unpaired) electrons. The van der Waals surface area contributed by atoms with Gasteiger partial charge in [-0.25, -0.2) is 9.18 Å². The molecule has 7 heteroatoms. The number of halogens is 1. The quantitative estimate of drug-likeness (QED) is 0.566. The maximum Gasteiger partial charge on any atom is 0.356 e. The average molecular weight is 410 g/mol. The fraction of sp³-hybridized carbons (Fsp3) is 0.304. The number of quaternary nitrogens is 1. The Morgan fingerprint density at radius 1 is 1.23 bits per heavy atom. The van der Waals surface area contributed by atoms with Gasteiger partial charge in [0.25, 0.3) is 5.91 Å². The number of amides is 1. The molecule has 0 saturated heterocycles. The van der Waals surface area contributed by atoms with Crippen LogP contribution in [-0.2, 0) is 22.5 Å². The van der Waals surface area contributed by atoms with Crippen LogP contribution in [0.3, 0.4) is 0 Å². The first-order valence-electron chi connectivity index (χ1n) is 10.2. The lowest BCUT2D eigenvalue weighted by molar-refractivity contribution is -0.929. The van der Waals surface area contributed by atoms with Gasteiger partial charge >= 0.3 is 5.97 Å². The van der Waals surface area contributed by atoms with Crippen LogP contribution >= 0.6 is 0 Å². The lowest BCUT2D eigenvalue weighted by Crippen LogP contribution is -3.16. The smallest absolute Gasteiger partial charge is 0.356 e. The summed E-state index contributed by atoms with van der Waals surface area (Å²) in [4.78, 5) is 29.6. The van der Waals surface area contributed by atoms with Crippen LogP contribution in [0.2, 0.25) is 0 Å². The maximum atomic E-state index is 13.9. The van der Waals surface area contributed by atoms with Gasteiger partial charge in [-0.05, 0) is 37.6 Å². The summed E-state index contributed by atoms with van der Waals surface area (Å²) in [6.07, 6.45) is 0.912. The monoisotopic (exact) mass is 410 g/mol. The second-order valence-electron chi connectivity index (χ2n) is 7.60. The number of hydrogen-bond acceptors (Lipinski definition) is 3. The van der Waals surface area contributed by atoms with E-state index in [1.54, 1.807) is 13.0 Å². The third-order valence-electron chi connectivity index (χ3n) is 5.75. The molecule has 3 N–H and O–H groups in total. The van der Waals surface area contributed by atoms with Crippen molar-refractivity contribution in [2.75, 3.05) is 18.5 Å². The maximum absolute atomic E-state index is 13.9. The van der Waals surface area contributed by atoms with E-state index in [1.165, 1.54) is 23.3 Å². The Balaban J connectivity index is 1.60. The molecule has 4 rings (SSSR count). The summed E-state index contributed by atoms with van der Waals surface area (Å²) in [6.45, 7) is 5.39. The lowest BCUT2D eigenvalue weighted by Gasteiger charge is -2.30. The van der Waals surface area contributed by atoms with Crippen LogP contribution < -0.4 is 10.2 Å². The highest BCUT2D eigenvalue weighted by Gasteiger charge is 2.30. The van der Waals surface area contributed by atoms with Crippen LogP contribution in [0.4, 0.5) is 10.1 Å². The normalized spacial score (nSPS) is 16.7. The van der Waals surface area contributed by atoms with Crippen molar-refractivity contribution < 1.29 is 23.6 Å². The zero-order valence-electron chi connectivity index (χ0n) is 17.0. The SMILES string of the molecule is CCOC(=O)c1[nH]c2ccc(F)cc2c1NC(=O)[C@H](C)[NH+]1CCc2ccccc2C1. The summed E-state index contributed by atoms with van der Waals surface area (Å²) in [6, 6.07) is 12.1. The van der Waals surface area contributed by atoms with E-state index >= 15 is 0 Å². The third kappa shape index (κ3) is 3.80. The summed E-state index contributed by atoms with van der Waals surface area (Å²) < 4.78 is 19.0. The van der Waals surface area contributed by atoms with Crippen molar-refractivity contribution in [2.45, 2.75) is 32.9 Å². The van der Waals surface area contributed by atoms with Crippen molar-refractivity contribution in [3.63, 3.8) is 0 Å². The number of hydrogen-bond donors (Lipinski definition) is 3. The van der Waals surface area contributed by atoms with E-state index in [-0.39, 0.29) is 29.9 Å². The number of carbonyl (C=O) groups is 2. The Bertz CT molecular complexity index is 1110. The van der Waals surface area contributed by atoms with E-state index in [1.807, 2.05) is 19.1 Å². The second kappa shape index (κ2) is 8.28. The Hall–Kier alpha value is -3.19. The molecule has 0 aliphatic carbocycles. The van der Waals surface area contributed by atoms with Crippen molar-refractivity contribution in [3.05, 3.63) is 65.1 Å². The Labute approximate surface area is 174 Å². The molecule has 30 heavy (non-hydrogen) atoms. The number of ether oxygens (including phenoxy) is 1. The van der Waals surface area contributed by atoms with Crippen LogP contribution in [0, 0.1) is 5.82 Å². The number of H-pyrrole nitrogens is 1. The van der Waals surface area contributed by atoms with Crippen LogP contribution in [0.25, 0.3) is 10.9 Å². The first-order valence-corrected chi connectivity index (χ1v) is 10.2. The highest BCUT2D eigenvalue weighted by molar-refractivity contribution is 6.11. The second-order valence-corrected chi connectivity index (χ2v) is 7.60. The number of fused-ring (bicyclic) bond motifs is 2. The third-order valence-corrected chi connectivity index (χ3v) is 5.75. The molecular formula is C23H25FN3O3+. The standard InChI is InChI=1S/C23H24FN3O3/c1-3-30-23(29)21-20(18-12-17(24)8-9-19(18)25-21)26-22(28)14(2)27-11-10-15-6-4-5-7-16(15)13-27/h4-9,12,14,25H,3,10-11,13H2,1-2H3,(H,26,28)/p+1/t14-/m0/s1. The molecule has 0 fully saturated rings. The minimum Gasteiger partial charge on any atom is -0.461 e. The highest BCUT2D eigenvalue weighted by atomic mass is 19.1. The molecule has 1 aliphatic heterocycles. The predicted octanol–water partition coefficient (Wildman–Crippen LogP) is 2.45. The number of carbonyl (C=O) groups excluding carboxylic acids is 2. The van der Waals surface area contributed by atoms with Gasteiger partial charge < -0.3 is 19.9 Å². The van der Waals surface area contributed by atoms with Gasteiger partial charge in [0, 0.05) is 22.9 Å². The fourth-order valence-electron chi connectivity index (χ4n) is 4.04. The number of aromatic nitrogens is 1.